The second-order valence-corrected chi connectivity index (χ2v) is 15.1. The number of pyridine rings is 1. The first-order chi connectivity index (χ1) is 10.7. The van der Waals surface area contributed by atoms with E-state index >= 15 is 0 Å². The van der Waals surface area contributed by atoms with Crippen LogP contribution >= 0.6 is 0 Å². The number of carbonyl (C=O) groups is 1. The predicted octanol–water partition coefficient (Wildman–Crippen LogP) is 3.61. The molecule has 0 radical (unpaired) electrons. The van der Waals surface area contributed by atoms with Gasteiger partial charge in [-0.3, -0.25) is 9.78 Å². The molecule has 1 heterocycles. The number of nitrogens with zero attached hydrogens (tertiary/aromatic N) is 1. The molecule has 1 rings (SSSR count). The number of ketones is 1. The van der Waals surface area contributed by atoms with E-state index in [0.29, 0.717) is 12.3 Å². The molecule has 1 aromatic heterocycles. The van der Waals surface area contributed by atoms with E-state index in [0.717, 1.165) is 11.8 Å². The molecule has 136 valence electrons. The Kier molecular flexibility index (Phi) is 6.52. The Hall–Kier alpha value is -1.05. The van der Waals surface area contributed by atoms with Crippen molar-refractivity contribution in [3.05, 3.63) is 29.6 Å². The van der Waals surface area contributed by atoms with Crippen molar-refractivity contribution in [2.24, 2.45) is 0 Å². The minimum absolute atomic E-state index is 0.0500. The molecule has 5 nitrogen and oxygen atoms in total. The van der Waals surface area contributed by atoms with Crippen LogP contribution in [0.2, 0.25) is 18.1 Å². The number of carbonyl (C=O) groups excluding carboxylic acids is 1. The van der Waals surface area contributed by atoms with Gasteiger partial charge in [0.2, 0.25) is 0 Å². The van der Waals surface area contributed by atoms with E-state index in [2.05, 4.69) is 38.8 Å². The fourth-order valence-electron chi connectivity index (χ4n) is 1.67. The molecule has 0 saturated carbocycles. The van der Waals surface area contributed by atoms with E-state index in [-0.39, 0.29) is 17.2 Å². The van der Waals surface area contributed by atoms with Gasteiger partial charge >= 0.3 is 0 Å². The molecule has 0 amide bonds. The van der Waals surface area contributed by atoms with Crippen molar-refractivity contribution in [2.75, 3.05) is 6.26 Å². The lowest BCUT2D eigenvalue weighted by molar-refractivity contribution is 0.0977. The quantitative estimate of drug-likeness (QED) is 0.541. The average molecular weight is 372 g/mol. The van der Waals surface area contributed by atoms with Gasteiger partial charge in [-0.2, -0.15) is 0 Å². The fourth-order valence-corrected chi connectivity index (χ4v) is 3.09. The zero-order valence-corrected chi connectivity index (χ0v) is 17.5. The van der Waals surface area contributed by atoms with Crippen molar-refractivity contribution < 1.29 is 17.6 Å². The van der Waals surface area contributed by atoms with Gasteiger partial charge in [-0.1, -0.05) is 26.8 Å². The van der Waals surface area contributed by atoms with Crippen molar-refractivity contribution in [1.29, 1.82) is 0 Å². The van der Waals surface area contributed by atoms with Gasteiger partial charge in [-0.05, 0) is 36.7 Å². The van der Waals surface area contributed by atoms with Crippen LogP contribution < -0.4 is 0 Å². The molecule has 1 unspecified atom stereocenters. The van der Waals surface area contributed by atoms with E-state index in [1.165, 1.54) is 6.92 Å². The third-order valence-corrected chi connectivity index (χ3v) is 10.8. The molecule has 7 heteroatoms. The molecule has 0 saturated heterocycles. The summed E-state index contributed by atoms with van der Waals surface area (Å²) in [4.78, 5) is 16.3. The molecule has 1 aromatic rings. The van der Waals surface area contributed by atoms with E-state index < -0.39 is 23.4 Å². The summed E-state index contributed by atoms with van der Waals surface area (Å²) in [7, 11) is -5.04. The number of rotatable bonds is 7. The Morgan fingerprint density at radius 3 is 2.29 bits per heavy atom. The Morgan fingerprint density at radius 1 is 1.29 bits per heavy atom. The van der Waals surface area contributed by atoms with Crippen LogP contribution in [0.4, 0.5) is 0 Å². The smallest absolute Gasteiger partial charge is 0.192 e. The minimum atomic E-state index is -3.22. The Labute approximate surface area is 146 Å². The van der Waals surface area contributed by atoms with Crippen LogP contribution in [0, 0.1) is 0 Å². The highest BCUT2D eigenvalue weighted by Gasteiger charge is 2.37. The molecule has 0 spiro atoms. The van der Waals surface area contributed by atoms with E-state index in [9.17, 15) is 13.2 Å². The van der Waals surface area contributed by atoms with Crippen LogP contribution in [-0.4, -0.2) is 39.0 Å². The fraction of sp³-hybridized carbons (Fsp3) is 0.647. The zero-order chi connectivity index (χ0) is 18.8. The van der Waals surface area contributed by atoms with E-state index in [4.69, 9.17) is 4.43 Å². The monoisotopic (exact) mass is 371 g/mol. The Bertz CT molecular complexity index is 676. The van der Waals surface area contributed by atoms with E-state index in [1.807, 2.05) is 6.07 Å². The number of hydrogen-bond donors (Lipinski definition) is 0. The molecular weight excluding hydrogens is 342 g/mol. The lowest BCUT2D eigenvalue weighted by atomic mass is 10.1. The highest BCUT2D eigenvalue weighted by Crippen LogP contribution is 2.37. The van der Waals surface area contributed by atoms with Gasteiger partial charge in [0.15, 0.2) is 14.1 Å². The van der Waals surface area contributed by atoms with Crippen LogP contribution in [0.15, 0.2) is 18.3 Å². The molecule has 0 bridgehead atoms. The molecule has 0 N–H and O–H groups in total. The summed E-state index contributed by atoms with van der Waals surface area (Å²) in [6, 6.07) is 3.46. The number of hydrogen-bond acceptors (Lipinski definition) is 5. The topological polar surface area (TPSA) is 73.3 Å². The maximum atomic E-state index is 12.1. The number of Topliss-reactive ketones (excluding diaryl/α,β-unsaturated/α-hetero) is 1. The van der Waals surface area contributed by atoms with Crippen LogP contribution in [0.5, 0.6) is 0 Å². The lowest BCUT2D eigenvalue weighted by Crippen LogP contribution is -2.40. The first-order valence-corrected chi connectivity index (χ1v) is 12.9. The summed E-state index contributed by atoms with van der Waals surface area (Å²) in [5, 5.41) is -0.564. The third-order valence-electron chi connectivity index (χ3n) is 4.72. The average Bonchev–Trinajstić information content (AvgIpc) is 2.43. The van der Waals surface area contributed by atoms with Crippen molar-refractivity contribution >= 4 is 23.9 Å². The van der Waals surface area contributed by atoms with Crippen molar-refractivity contribution in [3.63, 3.8) is 0 Å². The van der Waals surface area contributed by atoms with Gasteiger partial charge in [0.25, 0.3) is 0 Å². The maximum absolute atomic E-state index is 12.1. The SMILES string of the molecule is CC(CC(=O)c1ccc(CO[Si](C)(C)C(C)(C)C)cn1)S(C)(=O)=O. The van der Waals surface area contributed by atoms with Crippen molar-refractivity contribution in [2.45, 2.75) is 64.1 Å². The molecule has 0 fully saturated rings. The van der Waals surface area contributed by atoms with Gasteiger partial charge in [-0.15, -0.1) is 0 Å². The summed E-state index contributed by atoms with van der Waals surface area (Å²) < 4.78 is 29.0. The third kappa shape index (κ3) is 5.79. The highest BCUT2D eigenvalue weighted by atomic mass is 32.2. The molecule has 0 aliphatic carbocycles. The lowest BCUT2D eigenvalue weighted by Gasteiger charge is -2.36. The largest absolute Gasteiger partial charge is 0.413 e. The zero-order valence-electron chi connectivity index (χ0n) is 15.7. The molecular formula is C17H29NO4SSi. The Morgan fingerprint density at radius 2 is 1.88 bits per heavy atom. The molecule has 0 aliphatic rings. The summed E-state index contributed by atoms with van der Waals surface area (Å²) in [6.45, 7) is 12.9. The summed E-state index contributed by atoms with van der Waals surface area (Å²) in [5.74, 6) is -0.259. The predicted molar refractivity (Wildman–Crippen MR) is 99.5 cm³/mol. The Balaban J connectivity index is 2.71. The van der Waals surface area contributed by atoms with Crippen LogP contribution in [-0.2, 0) is 20.9 Å². The molecule has 0 aromatic carbocycles. The standard InChI is InChI=1S/C17H29NO4SSi/c1-13(23(5,20)21)10-16(19)15-9-8-14(11-18-15)12-22-24(6,7)17(2,3)4/h8-9,11,13H,10,12H2,1-7H3. The van der Waals surface area contributed by atoms with Gasteiger partial charge < -0.3 is 4.43 Å². The maximum Gasteiger partial charge on any atom is 0.192 e. The summed E-state index contributed by atoms with van der Waals surface area (Å²) in [6.07, 6.45) is 2.72. The van der Waals surface area contributed by atoms with Gasteiger partial charge in [0.05, 0.1) is 11.9 Å². The summed E-state index contributed by atoms with van der Waals surface area (Å²) in [5.41, 5.74) is 1.20. The second kappa shape index (κ2) is 7.45. The number of aromatic nitrogens is 1. The van der Waals surface area contributed by atoms with Crippen molar-refractivity contribution in [1.82, 2.24) is 4.98 Å². The van der Waals surface area contributed by atoms with E-state index in [1.54, 1.807) is 12.3 Å². The number of sulfone groups is 1. The van der Waals surface area contributed by atoms with Gasteiger partial charge in [0.1, 0.15) is 15.5 Å². The normalized spacial score (nSPS) is 14.5. The highest BCUT2D eigenvalue weighted by molar-refractivity contribution is 7.91. The molecule has 1 atom stereocenters. The molecule has 24 heavy (non-hydrogen) atoms. The van der Waals surface area contributed by atoms with Gasteiger partial charge in [0, 0.05) is 18.9 Å². The minimum Gasteiger partial charge on any atom is -0.413 e. The van der Waals surface area contributed by atoms with Crippen LogP contribution in [0.3, 0.4) is 0 Å². The van der Waals surface area contributed by atoms with Crippen LogP contribution in [0.1, 0.15) is 50.2 Å². The molecule has 0 aliphatic heterocycles. The van der Waals surface area contributed by atoms with Crippen LogP contribution in [0.25, 0.3) is 0 Å². The van der Waals surface area contributed by atoms with Crippen molar-refractivity contribution in [3.8, 4) is 0 Å². The first kappa shape index (κ1) is 21.0. The summed E-state index contributed by atoms with van der Waals surface area (Å²) >= 11 is 0. The van der Waals surface area contributed by atoms with Gasteiger partial charge in [-0.25, -0.2) is 8.42 Å². The second-order valence-electron chi connectivity index (χ2n) is 7.87. The first-order valence-electron chi connectivity index (χ1n) is 8.05.